The second kappa shape index (κ2) is 4.91. The van der Waals surface area contributed by atoms with Crippen LogP contribution in [-0.4, -0.2) is 23.3 Å². The number of hydrogen-bond acceptors (Lipinski definition) is 3. The van der Waals surface area contributed by atoms with Crippen LogP contribution in [0.2, 0.25) is 0 Å². The molecule has 1 fully saturated rings. The average Bonchev–Trinajstić information content (AvgIpc) is 2.95. The van der Waals surface area contributed by atoms with E-state index in [1.807, 2.05) is 20.8 Å². The number of rotatable bonds is 5. The highest BCUT2D eigenvalue weighted by Gasteiger charge is 2.32. The van der Waals surface area contributed by atoms with Gasteiger partial charge in [-0.2, -0.15) is 0 Å². The van der Waals surface area contributed by atoms with Gasteiger partial charge >= 0.3 is 0 Å². The molecule has 2 nitrogen and oxygen atoms in total. The lowest BCUT2D eigenvalue weighted by atomic mass is 9.90. The topological polar surface area (TPSA) is 20.3 Å². The summed E-state index contributed by atoms with van der Waals surface area (Å²) in [5.41, 5.74) is -0.220. The lowest BCUT2D eigenvalue weighted by Crippen LogP contribution is -2.36. The van der Waals surface area contributed by atoms with Gasteiger partial charge in [0.1, 0.15) is 0 Å². The molecule has 0 aliphatic heterocycles. The summed E-state index contributed by atoms with van der Waals surface area (Å²) in [5.74, 6) is 0.348. The monoisotopic (exact) mass is 251 g/mol. The van der Waals surface area contributed by atoms with Gasteiger partial charge in [-0.05, 0) is 24.3 Å². The van der Waals surface area contributed by atoms with Crippen molar-refractivity contribution in [2.24, 2.45) is 5.41 Å². The predicted molar refractivity (Wildman–Crippen MR) is 72.2 cm³/mol. The highest BCUT2D eigenvalue weighted by atomic mass is 32.1. The van der Waals surface area contributed by atoms with E-state index in [-0.39, 0.29) is 5.41 Å². The fourth-order valence-electron chi connectivity index (χ4n) is 1.78. The molecule has 1 aliphatic rings. The van der Waals surface area contributed by atoms with Crippen LogP contribution in [0.3, 0.4) is 0 Å². The molecule has 0 bridgehead atoms. The van der Waals surface area contributed by atoms with Gasteiger partial charge in [-0.25, -0.2) is 0 Å². The molecule has 94 valence electrons. The molecule has 3 heteroatoms. The summed E-state index contributed by atoms with van der Waals surface area (Å²) in [6.45, 7) is 7.55. The summed E-state index contributed by atoms with van der Waals surface area (Å²) >= 11 is 1.78. The van der Waals surface area contributed by atoms with Crippen molar-refractivity contribution in [2.45, 2.75) is 46.2 Å². The Hall–Kier alpha value is -0.670. The summed E-state index contributed by atoms with van der Waals surface area (Å²) in [7, 11) is 0. The van der Waals surface area contributed by atoms with Gasteiger partial charge in [0.2, 0.25) is 0 Å². The molecule has 0 aromatic carbocycles. The minimum absolute atomic E-state index is 0.220. The molecule has 0 spiro atoms. The molecule has 2 rings (SSSR count). The maximum Gasteiger partial charge on any atom is 0.152 e. The van der Waals surface area contributed by atoms with E-state index in [0.717, 1.165) is 6.54 Å². The Morgan fingerprint density at radius 2 is 2.18 bits per heavy atom. The third kappa shape index (κ3) is 3.65. The maximum atomic E-state index is 12.1. The molecule has 0 radical (unpaired) electrons. The van der Waals surface area contributed by atoms with Crippen molar-refractivity contribution in [1.82, 2.24) is 4.90 Å². The van der Waals surface area contributed by atoms with E-state index in [4.69, 9.17) is 0 Å². The van der Waals surface area contributed by atoms with Crippen molar-refractivity contribution in [3.05, 3.63) is 22.4 Å². The molecule has 0 amide bonds. The standard InChI is InChI=1S/C14H21NOS/c1-14(2,3)13(16)10-15(11-6-7-11)9-12-5-4-8-17-12/h4-5,8,11H,6-7,9-10H2,1-3H3. The van der Waals surface area contributed by atoms with Gasteiger partial charge < -0.3 is 0 Å². The Morgan fingerprint density at radius 1 is 1.47 bits per heavy atom. The van der Waals surface area contributed by atoms with E-state index in [1.54, 1.807) is 11.3 Å². The van der Waals surface area contributed by atoms with E-state index in [2.05, 4.69) is 22.4 Å². The van der Waals surface area contributed by atoms with Gasteiger partial charge in [-0.15, -0.1) is 11.3 Å². The van der Waals surface area contributed by atoms with E-state index in [1.165, 1.54) is 17.7 Å². The molecule has 0 unspecified atom stereocenters. The van der Waals surface area contributed by atoms with Crippen molar-refractivity contribution >= 4 is 17.1 Å². The van der Waals surface area contributed by atoms with Gasteiger partial charge in [0, 0.05) is 22.9 Å². The Balaban J connectivity index is 1.96. The van der Waals surface area contributed by atoms with Crippen LogP contribution in [0.5, 0.6) is 0 Å². The van der Waals surface area contributed by atoms with Crippen LogP contribution >= 0.6 is 11.3 Å². The zero-order chi connectivity index (χ0) is 12.5. The first-order valence-corrected chi connectivity index (χ1v) is 7.14. The van der Waals surface area contributed by atoms with Crippen molar-refractivity contribution in [1.29, 1.82) is 0 Å². The molecule has 17 heavy (non-hydrogen) atoms. The van der Waals surface area contributed by atoms with Crippen LogP contribution in [-0.2, 0) is 11.3 Å². The first-order valence-electron chi connectivity index (χ1n) is 6.26. The van der Waals surface area contributed by atoms with Crippen LogP contribution in [0.1, 0.15) is 38.5 Å². The number of ketones is 1. The summed E-state index contributed by atoms with van der Waals surface area (Å²) in [6, 6.07) is 4.88. The fraction of sp³-hybridized carbons (Fsp3) is 0.643. The van der Waals surface area contributed by atoms with Crippen LogP contribution < -0.4 is 0 Å². The molecule has 1 heterocycles. The molecule has 0 saturated heterocycles. The largest absolute Gasteiger partial charge is 0.298 e. The summed E-state index contributed by atoms with van der Waals surface area (Å²) in [5, 5.41) is 2.10. The average molecular weight is 251 g/mol. The molecule has 1 aromatic heterocycles. The smallest absolute Gasteiger partial charge is 0.152 e. The van der Waals surface area contributed by atoms with Crippen LogP contribution in [0.15, 0.2) is 17.5 Å². The number of carbonyl (C=O) groups is 1. The molecule has 1 aliphatic carbocycles. The Labute approximate surface area is 108 Å². The highest BCUT2D eigenvalue weighted by Crippen LogP contribution is 2.30. The van der Waals surface area contributed by atoms with E-state index < -0.39 is 0 Å². The number of nitrogens with zero attached hydrogens (tertiary/aromatic N) is 1. The molecule has 1 saturated carbocycles. The summed E-state index contributed by atoms with van der Waals surface area (Å²) in [4.78, 5) is 15.8. The minimum Gasteiger partial charge on any atom is -0.298 e. The van der Waals surface area contributed by atoms with Gasteiger partial charge in [-0.3, -0.25) is 9.69 Å². The van der Waals surface area contributed by atoms with E-state index in [0.29, 0.717) is 18.4 Å². The molecular formula is C14H21NOS. The molecular weight excluding hydrogens is 230 g/mol. The van der Waals surface area contributed by atoms with Gasteiger partial charge in [0.05, 0.1) is 6.54 Å². The van der Waals surface area contributed by atoms with Crippen LogP contribution in [0.4, 0.5) is 0 Å². The zero-order valence-corrected chi connectivity index (χ0v) is 11.7. The van der Waals surface area contributed by atoms with Crippen molar-refractivity contribution < 1.29 is 4.79 Å². The van der Waals surface area contributed by atoms with Crippen LogP contribution in [0, 0.1) is 5.41 Å². The van der Waals surface area contributed by atoms with Crippen LogP contribution in [0.25, 0.3) is 0 Å². The predicted octanol–water partition coefficient (Wildman–Crippen LogP) is 3.33. The van der Waals surface area contributed by atoms with E-state index >= 15 is 0 Å². The van der Waals surface area contributed by atoms with Crippen molar-refractivity contribution in [3.63, 3.8) is 0 Å². The van der Waals surface area contributed by atoms with Gasteiger partial charge in [0.25, 0.3) is 0 Å². The zero-order valence-electron chi connectivity index (χ0n) is 10.9. The fourth-order valence-corrected chi connectivity index (χ4v) is 2.51. The summed E-state index contributed by atoms with van der Waals surface area (Å²) in [6.07, 6.45) is 2.51. The second-order valence-electron chi connectivity index (χ2n) is 5.89. The first kappa shape index (κ1) is 12.8. The first-order chi connectivity index (χ1) is 7.97. The number of hydrogen-bond donors (Lipinski definition) is 0. The molecule has 0 N–H and O–H groups in total. The summed E-state index contributed by atoms with van der Waals surface area (Å²) < 4.78 is 0. The Morgan fingerprint density at radius 3 is 2.65 bits per heavy atom. The number of thiophene rings is 1. The molecule has 1 aromatic rings. The number of carbonyl (C=O) groups excluding carboxylic acids is 1. The second-order valence-corrected chi connectivity index (χ2v) is 6.92. The minimum atomic E-state index is -0.220. The van der Waals surface area contributed by atoms with Gasteiger partial charge in [-0.1, -0.05) is 26.8 Å². The molecule has 0 atom stereocenters. The normalized spacial score (nSPS) is 16.5. The van der Waals surface area contributed by atoms with E-state index in [9.17, 15) is 4.79 Å². The third-order valence-corrected chi connectivity index (χ3v) is 4.05. The van der Waals surface area contributed by atoms with Crippen molar-refractivity contribution in [3.8, 4) is 0 Å². The quantitative estimate of drug-likeness (QED) is 0.800. The Kier molecular flexibility index (Phi) is 3.69. The SMILES string of the molecule is CC(C)(C)C(=O)CN(Cc1cccs1)C1CC1. The number of Topliss-reactive ketones (excluding diaryl/α,β-unsaturated/α-hetero) is 1. The highest BCUT2D eigenvalue weighted by molar-refractivity contribution is 7.09. The third-order valence-electron chi connectivity index (χ3n) is 3.19. The maximum absolute atomic E-state index is 12.1. The van der Waals surface area contributed by atoms with Gasteiger partial charge in [0.15, 0.2) is 5.78 Å². The lowest BCUT2D eigenvalue weighted by molar-refractivity contribution is -0.127. The Bertz CT molecular complexity index is 373. The van der Waals surface area contributed by atoms with Crippen molar-refractivity contribution in [2.75, 3.05) is 6.54 Å². The lowest BCUT2D eigenvalue weighted by Gasteiger charge is -2.25.